The predicted octanol–water partition coefficient (Wildman–Crippen LogP) is 3.71. The van der Waals surface area contributed by atoms with Crippen LogP contribution in [-0.2, 0) is 13.8 Å². The summed E-state index contributed by atoms with van der Waals surface area (Å²) in [7, 11) is -4.72. The minimum Gasteiger partial charge on any atom is -0.402 e. The molecule has 0 aliphatic carbocycles. The molecule has 2 amide bonds. The number of carbonyl (C=O) groups excluding carboxylic acids is 2. The number of para-hydroxylation sites is 1. The molecule has 0 bridgehead atoms. The van der Waals surface area contributed by atoms with Crippen molar-refractivity contribution >= 4 is 31.0 Å². The van der Waals surface area contributed by atoms with E-state index in [2.05, 4.69) is 0 Å². The molecule has 0 heterocycles. The van der Waals surface area contributed by atoms with Gasteiger partial charge < -0.3 is 4.52 Å². The van der Waals surface area contributed by atoms with Crippen LogP contribution in [0.1, 0.15) is 20.7 Å². The molecule has 3 aromatic carbocycles. The second-order valence-electron chi connectivity index (χ2n) is 6.50. The Morgan fingerprint density at radius 1 is 0.686 bits per heavy atom. The van der Waals surface area contributed by atoms with Gasteiger partial charge in [0.05, 0.1) is 9.85 Å². The Labute approximate surface area is 196 Å². The van der Waals surface area contributed by atoms with E-state index in [1.807, 2.05) is 11.0 Å². The number of phosphoric acid groups is 1. The number of nitrogens with one attached hydrogen (secondary N) is 2. The van der Waals surface area contributed by atoms with E-state index in [0.717, 1.165) is 48.5 Å². The monoisotopic (exact) mass is 502 g/mol. The van der Waals surface area contributed by atoms with Gasteiger partial charge in [-0.25, -0.2) is 15.5 Å². The number of nitro groups is 2. The van der Waals surface area contributed by atoms with Crippen molar-refractivity contribution in [2.45, 2.75) is 0 Å². The summed E-state index contributed by atoms with van der Waals surface area (Å²) in [4.78, 5) is 44.7. The van der Waals surface area contributed by atoms with Crippen LogP contribution in [0.3, 0.4) is 0 Å². The van der Waals surface area contributed by atoms with Crippen molar-refractivity contribution in [2.75, 3.05) is 0 Å². The fourth-order valence-electron chi connectivity index (χ4n) is 2.45. The van der Waals surface area contributed by atoms with Crippen LogP contribution in [-0.4, -0.2) is 21.7 Å². The van der Waals surface area contributed by atoms with Crippen LogP contribution >= 0.6 is 7.82 Å². The number of benzene rings is 3. The Morgan fingerprint density at radius 2 is 1.09 bits per heavy atom. The molecule has 2 N–H and O–H groups in total. The van der Waals surface area contributed by atoms with Gasteiger partial charge in [-0.3, -0.25) is 29.8 Å². The highest BCUT2D eigenvalue weighted by molar-refractivity contribution is 7.48. The molecule has 0 radical (unpaired) electrons. The van der Waals surface area contributed by atoms with Gasteiger partial charge in [0.1, 0.15) is 5.75 Å². The number of hydroxylamine groups is 2. The van der Waals surface area contributed by atoms with Gasteiger partial charge in [0.2, 0.25) is 0 Å². The van der Waals surface area contributed by atoms with Gasteiger partial charge in [-0.15, -0.1) is 0 Å². The van der Waals surface area contributed by atoms with Crippen molar-refractivity contribution in [3.8, 4) is 5.75 Å². The third-order valence-corrected chi connectivity index (χ3v) is 5.21. The van der Waals surface area contributed by atoms with Crippen molar-refractivity contribution in [3.63, 3.8) is 0 Å². The van der Waals surface area contributed by atoms with Crippen LogP contribution in [0.25, 0.3) is 0 Å². The smallest absolute Gasteiger partial charge is 0.402 e. The van der Waals surface area contributed by atoms with Gasteiger partial charge >= 0.3 is 7.82 Å². The molecule has 0 saturated heterocycles. The summed E-state index contributed by atoms with van der Waals surface area (Å²) < 4.78 is 27.9. The normalized spacial score (nSPS) is 10.7. The van der Waals surface area contributed by atoms with Gasteiger partial charge in [0, 0.05) is 35.4 Å². The first-order chi connectivity index (χ1) is 16.7. The first kappa shape index (κ1) is 25.0. The van der Waals surface area contributed by atoms with E-state index in [9.17, 15) is 34.4 Å². The van der Waals surface area contributed by atoms with E-state index in [1.165, 1.54) is 12.1 Å². The van der Waals surface area contributed by atoms with Gasteiger partial charge in [-0.1, -0.05) is 18.2 Å². The van der Waals surface area contributed by atoms with Gasteiger partial charge in [-0.2, -0.15) is 9.25 Å². The van der Waals surface area contributed by atoms with Crippen molar-refractivity contribution in [2.24, 2.45) is 0 Å². The Bertz CT molecular complexity index is 1210. The molecular weight excluding hydrogens is 487 g/mol. The molecule has 0 fully saturated rings. The molecular formula is C20H15N4O10P. The van der Waals surface area contributed by atoms with Crippen LogP contribution in [0.2, 0.25) is 0 Å². The van der Waals surface area contributed by atoms with E-state index >= 15 is 0 Å². The first-order valence-electron chi connectivity index (χ1n) is 9.48. The van der Waals surface area contributed by atoms with E-state index in [4.69, 9.17) is 13.8 Å². The minimum absolute atomic E-state index is 0.00463. The molecule has 14 nitrogen and oxygen atoms in total. The molecule has 0 saturated carbocycles. The zero-order valence-electron chi connectivity index (χ0n) is 17.4. The molecule has 0 aliphatic rings. The number of carbonyl (C=O) groups is 2. The lowest BCUT2D eigenvalue weighted by molar-refractivity contribution is -0.385. The number of rotatable bonds is 10. The summed E-state index contributed by atoms with van der Waals surface area (Å²) in [5, 5.41) is 21.5. The average Bonchev–Trinajstić information content (AvgIpc) is 2.86. The fourth-order valence-corrected chi connectivity index (χ4v) is 3.33. The maximum atomic E-state index is 13.1. The Hall–Kier alpha value is -4.65. The van der Waals surface area contributed by atoms with Gasteiger partial charge in [-0.05, 0) is 36.4 Å². The summed E-state index contributed by atoms with van der Waals surface area (Å²) in [5.41, 5.74) is 3.04. The molecule has 0 spiro atoms. The number of hydrogen-bond acceptors (Lipinski definition) is 10. The van der Waals surface area contributed by atoms with E-state index in [0.29, 0.717) is 0 Å². The summed E-state index contributed by atoms with van der Waals surface area (Å²) in [5.74, 6) is -1.88. The predicted molar refractivity (Wildman–Crippen MR) is 118 cm³/mol. The first-order valence-corrected chi connectivity index (χ1v) is 10.9. The summed E-state index contributed by atoms with van der Waals surface area (Å²) in [6.07, 6.45) is 0. The highest BCUT2D eigenvalue weighted by atomic mass is 31.2. The van der Waals surface area contributed by atoms with Crippen molar-refractivity contribution in [1.29, 1.82) is 0 Å². The lowest BCUT2D eigenvalue weighted by Crippen LogP contribution is -2.28. The maximum absolute atomic E-state index is 13.1. The van der Waals surface area contributed by atoms with Gasteiger partial charge in [0.15, 0.2) is 0 Å². The Balaban J connectivity index is 1.70. The molecule has 0 atom stereocenters. The van der Waals surface area contributed by atoms with E-state index in [1.54, 1.807) is 18.2 Å². The Morgan fingerprint density at radius 3 is 1.46 bits per heavy atom. The largest absolute Gasteiger partial charge is 0.574 e. The lowest BCUT2D eigenvalue weighted by atomic mass is 10.2. The van der Waals surface area contributed by atoms with Gasteiger partial charge in [0.25, 0.3) is 23.2 Å². The lowest BCUT2D eigenvalue weighted by Gasteiger charge is -2.18. The van der Waals surface area contributed by atoms with Crippen LogP contribution < -0.4 is 15.5 Å². The maximum Gasteiger partial charge on any atom is 0.574 e. The molecule has 0 aromatic heterocycles. The quantitative estimate of drug-likeness (QED) is 0.235. The minimum atomic E-state index is -4.72. The van der Waals surface area contributed by atoms with Crippen LogP contribution in [0.15, 0.2) is 78.9 Å². The molecule has 180 valence electrons. The number of nitro benzene ring substituents is 2. The summed E-state index contributed by atoms with van der Waals surface area (Å²) in [6, 6.07) is 16.4. The highest BCUT2D eigenvalue weighted by Crippen LogP contribution is 2.47. The second kappa shape index (κ2) is 11.0. The number of amides is 2. The third-order valence-electron chi connectivity index (χ3n) is 4.14. The molecule has 3 rings (SSSR count). The molecule has 15 heteroatoms. The van der Waals surface area contributed by atoms with Crippen molar-refractivity contribution in [1.82, 2.24) is 11.0 Å². The highest BCUT2D eigenvalue weighted by Gasteiger charge is 2.33. The van der Waals surface area contributed by atoms with Crippen LogP contribution in [0.5, 0.6) is 5.75 Å². The third kappa shape index (κ3) is 6.91. The summed E-state index contributed by atoms with van der Waals surface area (Å²) in [6.45, 7) is 0. The molecule has 3 aromatic rings. The number of hydrogen-bond donors (Lipinski definition) is 2. The van der Waals surface area contributed by atoms with E-state index in [-0.39, 0.29) is 28.3 Å². The SMILES string of the molecule is O=C(NOP(=O)(ONC(=O)c1ccc([N+](=O)[O-])cc1)Oc1ccccc1)c1ccc([N+](=O)[O-])cc1. The zero-order chi connectivity index (χ0) is 25.4. The van der Waals surface area contributed by atoms with Crippen LogP contribution in [0, 0.1) is 20.2 Å². The fraction of sp³-hybridized carbons (Fsp3) is 0. The molecule has 0 aliphatic heterocycles. The van der Waals surface area contributed by atoms with Crippen molar-refractivity contribution in [3.05, 3.63) is 110 Å². The Kier molecular flexibility index (Phi) is 7.84. The number of non-ortho nitro benzene ring substituents is 2. The molecule has 35 heavy (non-hydrogen) atoms. The second-order valence-corrected chi connectivity index (χ2v) is 7.95. The van der Waals surface area contributed by atoms with E-state index < -0.39 is 29.5 Å². The average molecular weight is 502 g/mol. The molecule has 0 unspecified atom stereocenters. The number of nitrogens with zero attached hydrogens (tertiary/aromatic N) is 2. The van der Waals surface area contributed by atoms with Crippen LogP contribution in [0.4, 0.5) is 11.4 Å². The zero-order valence-corrected chi connectivity index (χ0v) is 18.3. The van der Waals surface area contributed by atoms with Crippen molar-refractivity contribution < 1.29 is 37.8 Å². The standard InChI is InChI=1S/C20H15N4O10P/c25-19(14-6-10-16(11-7-14)23(27)28)21-33-35(31,32-18-4-2-1-3-5-18)34-22-20(26)15-8-12-17(13-9-15)24(29)30/h1-13H,(H,21,25)(H,22,26). The topological polar surface area (TPSA) is 189 Å². The summed E-state index contributed by atoms with van der Waals surface area (Å²) >= 11 is 0.